The zero-order chi connectivity index (χ0) is 44.4. The lowest BCUT2D eigenvalue weighted by atomic mass is 9.82. The SMILES string of the molecule is CC12CC(F)CN(C1)c1nc(OCC34CCCN3CCC4)nc3c(F)c(ncc13)-c1cc(OC(=O)N3CCC(c4ccccn4)(C(F)(F)F)C3)cc3cccc(c13)CCCOC(=O)N2. The molecule has 4 saturated heterocycles. The second-order valence-electron chi connectivity index (χ2n) is 18.1. The number of ether oxygens (including phenoxy) is 3. The van der Waals surface area contributed by atoms with Crippen molar-refractivity contribution < 1.29 is 45.8 Å². The van der Waals surface area contributed by atoms with Crippen molar-refractivity contribution in [2.45, 2.75) is 87.1 Å². The number of anilines is 1. The number of amides is 2. The fourth-order valence-electron chi connectivity index (χ4n) is 10.8. The number of alkyl carbamates (subject to hydrolysis) is 1. The van der Waals surface area contributed by atoms with Crippen molar-refractivity contribution >= 4 is 39.7 Å². The van der Waals surface area contributed by atoms with Gasteiger partial charge < -0.3 is 29.3 Å². The van der Waals surface area contributed by atoms with Crippen LogP contribution in [0, 0.1) is 5.82 Å². The summed E-state index contributed by atoms with van der Waals surface area (Å²) in [6.45, 7) is 2.99. The summed E-state index contributed by atoms with van der Waals surface area (Å²) >= 11 is 0. The topological polar surface area (TPSA) is 135 Å². The summed E-state index contributed by atoms with van der Waals surface area (Å²) in [7, 11) is 0. The van der Waals surface area contributed by atoms with E-state index in [2.05, 4.69) is 25.2 Å². The number of benzene rings is 2. The molecule has 9 heterocycles. The van der Waals surface area contributed by atoms with Gasteiger partial charge in [0.25, 0.3) is 0 Å². The van der Waals surface area contributed by atoms with E-state index in [-0.39, 0.29) is 90.2 Å². The second-order valence-corrected chi connectivity index (χ2v) is 18.1. The molecule has 3 atom stereocenters. The number of carbonyl (C=O) groups is 2. The van der Waals surface area contributed by atoms with E-state index >= 15 is 8.78 Å². The number of fused-ring (bicyclic) bond motifs is 7. The summed E-state index contributed by atoms with van der Waals surface area (Å²) in [6.07, 6.45) is -0.861. The van der Waals surface area contributed by atoms with E-state index in [4.69, 9.17) is 19.2 Å². The number of hydrogen-bond donors (Lipinski definition) is 1. The molecule has 336 valence electrons. The third kappa shape index (κ3) is 7.46. The highest BCUT2D eigenvalue weighted by molar-refractivity contribution is 6.02. The molecule has 6 bridgehead atoms. The zero-order valence-electron chi connectivity index (χ0n) is 35.2. The van der Waals surface area contributed by atoms with Gasteiger partial charge in [-0.1, -0.05) is 24.3 Å². The molecule has 0 spiro atoms. The number of pyridine rings is 2. The highest BCUT2D eigenvalue weighted by atomic mass is 19.4. The lowest BCUT2D eigenvalue weighted by molar-refractivity contribution is -0.187. The zero-order valence-corrected chi connectivity index (χ0v) is 35.2. The Morgan fingerprint density at radius 3 is 2.61 bits per heavy atom. The van der Waals surface area contributed by atoms with Gasteiger partial charge in [0.1, 0.15) is 41.0 Å². The Hall–Kier alpha value is -5.91. The summed E-state index contributed by atoms with van der Waals surface area (Å²) in [4.78, 5) is 50.2. The van der Waals surface area contributed by atoms with Crippen molar-refractivity contribution in [3.63, 3.8) is 0 Å². The molecule has 64 heavy (non-hydrogen) atoms. The number of aryl methyl sites for hydroxylation is 1. The van der Waals surface area contributed by atoms with Crippen LogP contribution in [0.25, 0.3) is 32.9 Å². The Kier molecular flexibility index (Phi) is 10.5. The summed E-state index contributed by atoms with van der Waals surface area (Å²) in [5.74, 6) is -0.711. The van der Waals surface area contributed by atoms with Crippen molar-refractivity contribution in [1.82, 2.24) is 35.1 Å². The van der Waals surface area contributed by atoms with Crippen LogP contribution in [0.4, 0.5) is 37.4 Å². The standard InChI is InChI=1S/C46H47F5N8O5/c1-43-22-30(47)24-58(25-43)39-33-23-53-37(36(48)38(33)54-40(55-39)63-27-44-12-6-16-59(44)17-7-13-44)32-21-31(20-29-9-4-8-28(35(29)32)10-5-19-62-41(60)56-43)64-42(61)57-18-14-45(26-57,46(49,50)51)34-11-2-3-15-52-34/h2-4,8-9,11,15,20-21,23,30H,5-7,10,12-14,16-19,22,24-27H2,1H3,(H,56,60). The van der Waals surface area contributed by atoms with Gasteiger partial charge >= 0.3 is 24.4 Å². The Morgan fingerprint density at radius 2 is 1.83 bits per heavy atom. The van der Waals surface area contributed by atoms with Crippen molar-refractivity contribution in [3.05, 3.63) is 78.0 Å². The third-order valence-electron chi connectivity index (χ3n) is 13.8. The smallest absolute Gasteiger partial charge is 0.415 e. The largest absolute Gasteiger partial charge is 0.461 e. The Balaban J connectivity index is 1.08. The molecule has 4 fully saturated rings. The average Bonchev–Trinajstić information content (AvgIpc) is 4.00. The number of alkyl halides is 4. The van der Waals surface area contributed by atoms with Crippen LogP contribution >= 0.6 is 0 Å². The van der Waals surface area contributed by atoms with Crippen LogP contribution < -0.4 is 19.7 Å². The molecule has 6 aliphatic rings. The number of carbonyl (C=O) groups excluding carboxylic acids is 2. The van der Waals surface area contributed by atoms with E-state index in [1.165, 1.54) is 36.7 Å². The van der Waals surface area contributed by atoms with Crippen molar-refractivity contribution in [1.29, 1.82) is 0 Å². The highest BCUT2D eigenvalue weighted by Gasteiger charge is 2.61. The van der Waals surface area contributed by atoms with Gasteiger partial charge in [-0.15, -0.1) is 0 Å². The molecule has 5 aromatic rings. The predicted molar refractivity (Wildman–Crippen MR) is 226 cm³/mol. The minimum absolute atomic E-state index is 0.00942. The second kappa shape index (κ2) is 16.0. The predicted octanol–water partition coefficient (Wildman–Crippen LogP) is 8.07. The van der Waals surface area contributed by atoms with E-state index in [1.807, 2.05) is 6.07 Å². The molecule has 18 heteroatoms. The Labute approximate surface area is 365 Å². The van der Waals surface area contributed by atoms with E-state index in [0.717, 1.165) is 49.2 Å². The lowest BCUT2D eigenvalue weighted by Gasteiger charge is -2.42. The monoisotopic (exact) mass is 886 g/mol. The lowest BCUT2D eigenvalue weighted by Crippen LogP contribution is -2.60. The van der Waals surface area contributed by atoms with Gasteiger partial charge in [0.2, 0.25) is 0 Å². The molecule has 2 aromatic carbocycles. The van der Waals surface area contributed by atoms with Crippen molar-refractivity contribution in [3.8, 4) is 23.0 Å². The summed E-state index contributed by atoms with van der Waals surface area (Å²) < 4.78 is 95.5. The van der Waals surface area contributed by atoms with Gasteiger partial charge in [-0.3, -0.25) is 14.9 Å². The molecular weight excluding hydrogens is 840 g/mol. The number of nitrogens with one attached hydrogen (secondary N) is 1. The van der Waals surface area contributed by atoms with Crippen LogP contribution in [0.5, 0.6) is 11.8 Å². The molecule has 0 aliphatic carbocycles. The fraction of sp³-hybridized carbons (Fsp3) is 0.478. The minimum atomic E-state index is -4.71. The van der Waals surface area contributed by atoms with Gasteiger partial charge in [-0.25, -0.2) is 18.4 Å². The molecule has 0 radical (unpaired) electrons. The first-order chi connectivity index (χ1) is 30.7. The molecule has 3 aromatic heterocycles. The number of likely N-dealkylation sites (tertiary alicyclic amines) is 1. The van der Waals surface area contributed by atoms with Gasteiger partial charge in [-0.05, 0) is 106 Å². The van der Waals surface area contributed by atoms with Gasteiger partial charge in [0.05, 0.1) is 35.3 Å². The number of halogens is 5. The summed E-state index contributed by atoms with van der Waals surface area (Å²) in [5, 5.41) is 4.14. The van der Waals surface area contributed by atoms with Gasteiger partial charge in [-0.2, -0.15) is 23.1 Å². The summed E-state index contributed by atoms with van der Waals surface area (Å²) in [6, 6.07) is 12.6. The molecule has 6 aliphatic heterocycles. The average molecular weight is 887 g/mol. The molecule has 3 unspecified atom stereocenters. The fourth-order valence-corrected chi connectivity index (χ4v) is 10.8. The number of piperidine rings is 1. The highest BCUT2D eigenvalue weighted by Crippen LogP contribution is 2.48. The Bertz CT molecular complexity index is 2630. The number of aromatic nitrogens is 4. The van der Waals surface area contributed by atoms with Crippen LogP contribution in [-0.4, -0.2) is 118 Å². The summed E-state index contributed by atoms with van der Waals surface area (Å²) in [5.41, 5.74) is -3.19. The Morgan fingerprint density at radius 1 is 1.00 bits per heavy atom. The normalized spacial score (nSPS) is 24.8. The van der Waals surface area contributed by atoms with Crippen LogP contribution in [0.15, 0.2) is 60.9 Å². The maximum Gasteiger partial charge on any atom is 0.415 e. The molecular formula is C46H47F5N8O5. The molecule has 1 N–H and O–H groups in total. The van der Waals surface area contributed by atoms with Crippen LogP contribution in [0.2, 0.25) is 0 Å². The van der Waals surface area contributed by atoms with E-state index in [0.29, 0.717) is 23.6 Å². The maximum absolute atomic E-state index is 17.7. The first-order valence-electron chi connectivity index (χ1n) is 21.8. The van der Waals surface area contributed by atoms with Crippen molar-refractivity contribution in [2.75, 3.05) is 57.4 Å². The number of nitrogens with zero attached hydrogens (tertiary/aromatic N) is 7. The van der Waals surface area contributed by atoms with Crippen LogP contribution in [-0.2, 0) is 16.6 Å². The minimum Gasteiger partial charge on any atom is -0.461 e. The van der Waals surface area contributed by atoms with Gasteiger partial charge in [0, 0.05) is 44.0 Å². The quantitative estimate of drug-likeness (QED) is 0.172. The van der Waals surface area contributed by atoms with E-state index < -0.39 is 54.3 Å². The molecule has 0 saturated carbocycles. The molecule has 13 nitrogen and oxygen atoms in total. The first-order valence-corrected chi connectivity index (χ1v) is 21.8. The first kappa shape index (κ1) is 42.1. The molecule has 11 rings (SSSR count). The van der Waals surface area contributed by atoms with E-state index in [1.54, 1.807) is 30.0 Å². The van der Waals surface area contributed by atoms with Crippen molar-refractivity contribution in [2.24, 2.45) is 0 Å². The van der Waals surface area contributed by atoms with Crippen LogP contribution in [0.3, 0.4) is 0 Å². The number of hydrogen-bond acceptors (Lipinski definition) is 11. The van der Waals surface area contributed by atoms with E-state index in [9.17, 15) is 22.8 Å². The van der Waals surface area contributed by atoms with Crippen LogP contribution in [0.1, 0.15) is 63.1 Å². The maximum atomic E-state index is 17.7. The van der Waals surface area contributed by atoms with Gasteiger partial charge in [0.15, 0.2) is 5.82 Å². The number of rotatable bonds is 5. The molecule has 2 amide bonds. The third-order valence-corrected chi connectivity index (χ3v) is 13.8.